The number of phosphoric ester groups is 1. The van der Waals surface area contributed by atoms with Crippen molar-refractivity contribution in [1.82, 2.24) is 0 Å². The minimum absolute atomic E-state index is 0.280. The van der Waals surface area contributed by atoms with E-state index in [1.54, 1.807) is 0 Å². The van der Waals surface area contributed by atoms with E-state index in [0.717, 1.165) is 12.8 Å². The third-order valence-electron chi connectivity index (χ3n) is 5.29. The van der Waals surface area contributed by atoms with Crippen LogP contribution in [0.25, 0.3) is 0 Å². The number of hydrogen-bond donors (Lipinski definition) is 4. The van der Waals surface area contributed by atoms with Crippen molar-refractivity contribution in [2.45, 2.75) is 122 Å². The summed E-state index contributed by atoms with van der Waals surface area (Å²) in [5, 5.41) is 19.3. The number of hydrogen-bond acceptors (Lipinski definition) is 4. The first-order valence-electron chi connectivity index (χ1n) is 11.4. The molecule has 0 saturated heterocycles. The minimum atomic E-state index is -4.62. The molecular weight excluding hydrogens is 379 g/mol. The number of rotatable bonds is 21. The van der Waals surface area contributed by atoms with E-state index in [-0.39, 0.29) is 6.42 Å². The summed E-state index contributed by atoms with van der Waals surface area (Å²) in [6.07, 6.45) is 20.4. The van der Waals surface area contributed by atoms with Crippen LogP contribution in [0.2, 0.25) is 0 Å². The molecule has 7 heteroatoms. The summed E-state index contributed by atoms with van der Waals surface area (Å²) in [6.45, 7) is 1.14. The monoisotopic (exact) mass is 424 g/mol. The fourth-order valence-electron chi connectivity index (χ4n) is 3.40. The van der Waals surface area contributed by atoms with Crippen molar-refractivity contribution < 1.29 is 29.1 Å². The normalized spacial score (nSPS) is 14.3. The maximum Gasteiger partial charge on any atom is 0.469 e. The fourth-order valence-corrected chi connectivity index (χ4v) is 3.81. The van der Waals surface area contributed by atoms with Crippen molar-refractivity contribution in [2.24, 2.45) is 0 Å². The van der Waals surface area contributed by atoms with E-state index < -0.39 is 26.6 Å². The van der Waals surface area contributed by atoms with E-state index in [1.165, 1.54) is 83.5 Å². The van der Waals surface area contributed by atoms with Gasteiger partial charge in [0.2, 0.25) is 0 Å². The van der Waals surface area contributed by atoms with Gasteiger partial charge in [0.15, 0.2) is 0 Å². The molecule has 0 radical (unpaired) electrons. The standard InChI is InChI=1S/C21H45O6P/c1-2-3-4-5-6-7-8-9-10-11-12-13-14-15-16-17-18-21(23,19-22)20-27-28(24,25)26/h22-23H,2-20H2,1H3,(H2,24,25,26). The van der Waals surface area contributed by atoms with Gasteiger partial charge in [0.05, 0.1) is 13.2 Å². The molecule has 0 aliphatic carbocycles. The summed E-state index contributed by atoms with van der Waals surface area (Å²) < 4.78 is 15.0. The molecule has 0 amide bonds. The van der Waals surface area contributed by atoms with Gasteiger partial charge in [-0.1, -0.05) is 110 Å². The largest absolute Gasteiger partial charge is 0.469 e. The molecule has 0 rings (SSSR count). The molecule has 28 heavy (non-hydrogen) atoms. The molecule has 1 unspecified atom stereocenters. The van der Waals surface area contributed by atoms with Crippen LogP contribution in [-0.4, -0.2) is 38.8 Å². The Kier molecular flexibility index (Phi) is 17.9. The molecule has 1 atom stereocenters. The van der Waals surface area contributed by atoms with Gasteiger partial charge in [-0.25, -0.2) is 4.57 Å². The van der Waals surface area contributed by atoms with Gasteiger partial charge < -0.3 is 20.0 Å². The van der Waals surface area contributed by atoms with Crippen molar-refractivity contribution in [3.8, 4) is 0 Å². The third kappa shape index (κ3) is 19.4. The zero-order valence-electron chi connectivity index (χ0n) is 18.0. The first-order valence-corrected chi connectivity index (χ1v) is 12.9. The van der Waals surface area contributed by atoms with Gasteiger partial charge in [-0.3, -0.25) is 4.52 Å². The third-order valence-corrected chi connectivity index (χ3v) is 5.76. The Balaban J connectivity index is 3.39. The fraction of sp³-hybridized carbons (Fsp3) is 1.00. The average molecular weight is 425 g/mol. The predicted molar refractivity (Wildman–Crippen MR) is 114 cm³/mol. The molecule has 170 valence electrons. The molecule has 0 aromatic rings. The van der Waals surface area contributed by atoms with E-state index in [4.69, 9.17) is 9.79 Å². The Morgan fingerprint density at radius 2 is 1.07 bits per heavy atom. The summed E-state index contributed by atoms with van der Waals surface area (Å²) in [7, 11) is -4.62. The molecule has 0 aromatic heterocycles. The second kappa shape index (κ2) is 17.9. The highest BCUT2D eigenvalue weighted by Gasteiger charge is 2.29. The average Bonchev–Trinajstić information content (AvgIpc) is 2.65. The van der Waals surface area contributed by atoms with Crippen LogP contribution in [0.3, 0.4) is 0 Å². The van der Waals surface area contributed by atoms with Crippen LogP contribution in [0, 0.1) is 0 Å². The van der Waals surface area contributed by atoms with Crippen molar-refractivity contribution in [1.29, 1.82) is 0 Å². The lowest BCUT2D eigenvalue weighted by Crippen LogP contribution is -2.38. The highest BCUT2D eigenvalue weighted by Crippen LogP contribution is 2.37. The predicted octanol–water partition coefficient (Wildman–Crippen LogP) is 5.47. The highest BCUT2D eigenvalue weighted by molar-refractivity contribution is 7.46. The molecule has 4 N–H and O–H groups in total. The van der Waals surface area contributed by atoms with Crippen LogP contribution in [0.15, 0.2) is 0 Å². The molecule has 0 aliphatic rings. The van der Waals surface area contributed by atoms with Gasteiger partial charge in [0.1, 0.15) is 5.60 Å². The molecule has 0 heterocycles. The minimum Gasteiger partial charge on any atom is -0.393 e. The van der Waals surface area contributed by atoms with Crippen LogP contribution in [-0.2, 0) is 9.09 Å². The van der Waals surface area contributed by atoms with E-state index in [1.807, 2.05) is 0 Å². The molecule has 0 aromatic carbocycles. The second-order valence-electron chi connectivity index (χ2n) is 8.20. The van der Waals surface area contributed by atoms with Crippen LogP contribution < -0.4 is 0 Å². The van der Waals surface area contributed by atoms with Crippen LogP contribution in [0.4, 0.5) is 0 Å². The molecule has 0 bridgehead atoms. The molecule has 0 spiro atoms. The Morgan fingerprint density at radius 3 is 1.39 bits per heavy atom. The van der Waals surface area contributed by atoms with Gasteiger partial charge >= 0.3 is 7.82 Å². The smallest absolute Gasteiger partial charge is 0.393 e. The molecule has 0 aliphatic heterocycles. The van der Waals surface area contributed by atoms with E-state index in [9.17, 15) is 14.8 Å². The summed E-state index contributed by atoms with van der Waals surface area (Å²) in [4.78, 5) is 17.4. The van der Waals surface area contributed by atoms with Crippen LogP contribution in [0.5, 0.6) is 0 Å². The van der Waals surface area contributed by atoms with Crippen molar-refractivity contribution in [2.75, 3.05) is 13.2 Å². The van der Waals surface area contributed by atoms with E-state index in [2.05, 4.69) is 11.4 Å². The maximum atomic E-state index is 10.7. The highest BCUT2D eigenvalue weighted by atomic mass is 31.2. The van der Waals surface area contributed by atoms with Gasteiger partial charge in [-0.15, -0.1) is 0 Å². The number of unbranched alkanes of at least 4 members (excludes halogenated alkanes) is 15. The molecule has 0 fully saturated rings. The van der Waals surface area contributed by atoms with Crippen molar-refractivity contribution in [3.05, 3.63) is 0 Å². The lowest BCUT2D eigenvalue weighted by Gasteiger charge is -2.25. The maximum absolute atomic E-state index is 10.7. The van der Waals surface area contributed by atoms with Gasteiger partial charge in [-0.2, -0.15) is 0 Å². The quantitative estimate of drug-likeness (QED) is 0.144. The molecule has 0 saturated carbocycles. The zero-order valence-corrected chi connectivity index (χ0v) is 18.9. The Bertz CT molecular complexity index is 387. The van der Waals surface area contributed by atoms with Crippen LogP contribution in [0.1, 0.15) is 116 Å². The van der Waals surface area contributed by atoms with Gasteiger partial charge in [-0.05, 0) is 6.42 Å². The number of phosphoric acid groups is 1. The van der Waals surface area contributed by atoms with Crippen molar-refractivity contribution >= 4 is 7.82 Å². The summed E-state index contributed by atoms with van der Waals surface area (Å²) in [5.74, 6) is 0. The zero-order chi connectivity index (χ0) is 21.1. The SMILES string of the molecule is CCCCCCCCCCCCCCCCCCC(O)(CO)COP(=O)(O)O. The van der Waals surface area contributed by atoms with Gasteiger partial charge in [0.25, 0.3) is 0 Å². The number of aliphatic hydroxyl groups excluding tert-OH is 1. The Hall–Kier alpha value is 0.0300. The lowest BCUT2D eigenvalue weighted by molar-refractivity contribution is -0.0600. The topological polar surface area (TPSA) is 107 Å². The molecule has 6 nitrogen and oxygen atoms in total. The Morgan fingerprint density at radius 1 is 0.714 bits per heavy atom. The second-order valence-corrected chi connectivity index (χ2v) is 9.44. The first-order chi connectivity index (χ1) is 13.3. The van der Waals surface area contributed by atoms with Crippen LogP contribution >= 0.6 is 7.82 Å². The van der Waals surface area contributed by atoms with E-state index in [0.29, 0.717) is 6.42 Å². The lowest BCUT2D eigenvalue weighted by atomic mass is 9.97. The van der Waals surface area contributed by atoms with E-state index >= 15 is 0 Å². The summed E-state index contributed by atoms with van der Waals surface area (Å²) >= 11 is 0. The van der Waals surface area contributed by atoms with Crippen molar-refractivity contribution in [3.63, 3.8) is 0 Å². The summed E-state index contributed by atoms with van der Waals surface area (Å²) in [6, 6.07) is 0. The van der Waals surface area contributed by atoms with Gasteiger partial charge in [0, 0.05) is 0 Å². The summed E-state index contributed by atoms with van der Waals surface area (Å²) in [5.41, 5.74) is -1.57. The first kappa shape index (κ1) is 28.0. The molecular formula is C21H45O6P. The Labute approximate surface area is 172 Å². The number of aliphatic hydroxyl groups is 2.